The second-order valence-electron chi connectivity index (χ2n) is 5.27. The first-order chi connectivity index (χ1) is 9.84. The molecule has 0 fully saturated rings. The minimum absolute atomic E-state index is 0.0593. The Morgan fingerprint density at radius 2 is 1.90 bits per heavy atom. The van der Waals surface area contributed by atoms with Crippen LogP contribution in [0.5, 0.6) is 0 Å². The fourth-order valence-corrected chi connectivity index (χ4v) is 2.60. The summed E-state index contributed by atoms with van der Waals surface area (Å²) in [5.74, 6) is 0.158. The Hall–Kier alpha value is -1.40. The third kappa shape index (κ3) is 6.27. The molecule has 1 aromatic rings. The molecule has 0 aliphatic carbocycles. The topological polar surface area (TPSA) is 89.3 Å². The van der Waals surface area contributed by atoms with Gasteiger partial charge in [-0.15, -0.1) is 0 Å². The normalized spacial score (nSPS) is 12.9. The molecule has 6 heteroatoms. The summed E-state index contributed by atoms with van der Waals surface area (Å²) in [6.45, 7) is 4.63. The zero-order chi connectivity index (χ0) is 15.9. The second kappa shape index (κ2) is 8.14. The minimum atomic E-state index is -3.63. The van der Waals surface area contributed by atoms with E-state index in [1.807, 2.05) is 6.92 Å². The standard InChI is InChI=1S/C15H24N2O3S/c1-3-5-12(2)15(18)17-11-4-6-13-7-9-14(10-8-13)21(16,19)20/h7-10,12H,3-6,11H2,1-2H3,(H,17,18)(H2,16,19,20). The molecule has 0 aliphatic heterocycles. The molecule has 0 saturated heterocycles. The van der Waals surface area contributed by atoms with Crippen LogP contribution in [0.2, 0.25) is 0 Å². The molecule has 0 aromatic heterocycles. The fourth-order valence-electron chi connectivity index (χ4n) is 2.09. The van der Waals surface area contributed by atoms with Gasteiger partial charge in [-0.3, -0.25) is 4.79 Å². The Morgan fingerprint density at radius 3 is 2.43 bits per heavy atom. The van der Waals surface area contributed by atoms with E-state index in [1.54, 1.807) is 12.1 Å². The van der Waals surface area contributed by atoms with Crippen molar-refractivity contribution in [1.29, 1.82) is 0 Å². The van der Waals surface area contributed by atoms with E-state index in [-0.39, 0.29) is 16.7 Å². The number of hydrogen-bond donors (Lipinski definition) is 2. The maximum Gasteiger partial charge on any atom is 0.238 e. The summed E-state index contributed by atoms with van der Waals surface area (Å²) in [7, 11) is -3.63. The number of amides is 1. The van der Waals surface area contributed by atoms with Gasteiger partial charge in [0.1, 0.15) is 0 Å². The van der Waals surface area contributed by atoms with Gasteiger partial charge in [0.05, 0.1) is 4.90 Å². The molecule has 21 heavy (non-hydrogen) atoms. The van der Waals surface area contributed by atoms with E-state index in [1.165, 1.54) is 12.1 Å². The molecule has 0 heterocycles. The maximum atomic E-state index is 11.7. The predicted molar refractivity (Wildman–Crippen MR) is 83.2 cm³/mol. The van der Waals surface area contributed by atoms with Gasteiger partial charge in [-0.1, -0.05) is 32.4 Å². The van der Waals surface area contributed by atoms with Crippen LogP contribution in [0.4, 0.5) is 0 Å². The largest absolute Gasteiger partial charge is 0.356 e. The highest BCUT2D eigenvalue weighted by Crippen LogP contribution is 2.10. The molecule has 1 aromatic carbocycles. The lowest BCUT2D eigenvalue weighted by Gasteiger charge is -2.11. The van der Waals surface area contributed by atoms with Gasteiger partial charge in [-0.25, -0.2) is 13.6 Å². The molecular formula is C15H24N2O3S. The van der Waals surface area contributed by atoms with Gasteiger partial charge in [0, 0.05) is 12.5 Å². The third-order valence-electron chi connectivity index (χ3n) is 3.36. The van der Waals surface area contributed by atoms with Crippen LogP contribution < -0.4 is 10.5 Å². The Kier molecular flexibility index (Phi) is 6.84. The first-order valence-corrected chi connectivity index (χ1v) is 8.78. The number of benzene rings is 1. The Balaban J connectivity index is 2.35. The highest BCUT2D eigenvalue weighted by atomic mass is 32.2. The predicted octanol–water partition coefficient (Wildman–Crippen LogP) is 1.82. The first-order valence-electron chi connectivity index (χ1n) is 7.24. The summed E-state index contributed by atoms with van der Waals surface area (Å²) in [6.07, 6.45) is 3.51. The van der Waals surface area contributed by atoms with Crippen molar-refractivity contribution in [1.82, 2.24) is 5.32 Å². The quantitative estimate of drug-likeness (QED) is 0.718. The molecule has 0 bridgehead atoms. The Morgan fingerprint density at radius 1 is 1.29 bits per heavy atom. The highest BCUT2D eigenvalue weighted by molar-refractivity contribution is 7.89. The van der Waals surface area contributed by atoms with E-state index >= 15 is 0 Å². The Labute approximate surface area is 127 Å². The fraction of sp³-hybridized carbons (Fsp3) is 0.533. The van der Waals surface area contributed by atoms with Gasteiger partial charge in [-0.2, -0.15) is 0 Å². The summed E-state index contributed by atoms with van der Waals surface area (Å²) >= 11 is 0. The smallest absolute Gasteiger partial charge is 0.238 e. The SMILES string of the molecule is CCCC(C)C(=O)NCCCc1ccc(S(N)(=O)=O)cc1. The molecule has 1 rings (SSSR count). The van der Waals surface area contributed by atoms with Crippen molar-refractivity contribution in [2.24, 2.45) is 11.1 Å². The number of aryl methyl sites for hydroxylation is 1. The van der Waals surface area contributed by atoms with Crippen LogP contribution >= 0.6 is 0 Å². The lowest BCUT2D eigenvalue weighted by molar-refractivity contribution is -0.124. The number of sulfonamides is 1. The molecule has 118 valence electrons. The highest BCUT2D eigenvalue weighted by Gasteiger charge is 2.10. The van der Waals surface area contributed by atoms with Crippen LogP contribution in [0.15, 0.2) is 29.2 Å². The molecule has 3 N–H and O–H groups in total. The van der Waals surface area contributed by atoms with Crippen molar-refractivity contribution in [3.05, 3.63) is 29.8 Å². The number of nitrogens with two attached hydrogens (primary N) is 1. The number of carbonyl (C=O) groups excluding carboxylic acids is 1. The first kappa shape index (κ1) is 17.7. The molecule has 1 amide bonds. The van der Waals surface area contributed by atoms with Gasteiger partial charge < -0.3 is 5.32 Å². The zero-order valence-corrected chi connectivity index (χ0v) is 13.4. The number of nitrogens with one attached hydrogen (secondary N) is 1. The van der Waals surface area contributed by atoms with Crippen molar-refractivity contribution >= 4 is 15.9 Å². The maximum absolute atomic E-state index is 11.7. The molecular weight excluding hydrogens is 288 g/mol. The lowest BCUT2D eigenvalue weighted by Crippen LogP contribution is -2.30. The van der Waals surface area contributed by atoms with Crippen LogP contribution in [0.25, 0.3) is 0 Å². The molecule has 0 spiro atoms. The van der Waals surface area contributed by atoms with E-state index in [4.69, 9.17) is 5.14 Å². The summed E-state index contributed by atoms with van der Waals surface area (Å²) in [5, 5.41) is 7.96. The molecule has 1 atom stereocenters. The summed E-state index contributed by atoms with van der Waals surface area (Å²) in [4.78, 5) is 11.8. The summed E-state index contributed by atoms with van der Waals surface area (Å²) in [5.41, 5.74) is 1.03. The van der Waals surface area contributed by atoms with E-state index in [2.05, 4.69) is 12.2 Å². The summed E-state index contributed by atoms with van der Waals surface area (Å²) in [6, 6.07) is 6.52. The lowest BCUT2D eigenvalue weighted by atomic mass is 10.1. The van der Waals surface area contributed by atoms with Crippen molar-refractivity contribution in [2.45, 2.75) is 44.4 Å². The van der Waals surface area contributed by atoms with Gasteiger partial charge >= 0.3 is 0 Å². The third-order valence-corrected chi connectivity index (χ3v) is 4.29. The van der Waals surface area contributed by atoms with Gasteiger partial charge in [-0.05, 0) is 37.0 Å². The zero-order valence-electron chi connectivity index (χ0n) is 12.6. The van der Waals surface area contributed by atoms with Crippen LogP contribution in [-0.4, -0.2) is 20.9 Å². The number of rotatable bonds is 8. The van der Waals surface area contributed by atoms with Gasteiger partial charge in [0.15, 0.2) is 0 Å². The monoisotopic (exact) mass is 312 g/mol. The van der Waals surface area contributed by atoms with E-state index < -0.39 is 10.0 Å². The van der Waals surface area contributed by atoms with Crippen LogP contribution in [-0.2, 0) is 21.2 Å². The molecule has 5 nitrogen and oxygen atoms in total. The van der Waals surface area contributed by atoms with E-state index in [9.17, 15) is 13.2 Å². The van der Waals surface area contributed by atoms with Gasteiger partial charge in [0.2, 0.25) is 15.9 Å². The average Bonchev–Trinajstić information content (AvgIpc) is 2.43. The van der Waals surface area contributed by atoms with Crippen molar-refractivity contribution in [2.75, 3.05) is 6.54 Å². The van der Waals surface area contributed by atoms with Crippen LogP contribution in [0.3, 0.4) is 0 Å². The van der Waals surface area contributed by atoms with Gasteiger partial charge in [0.25, 0.3) is 0 Å². The van der Waals surface area contributed by atoms with Crippen molar-refractivity contribution in [3.63, 3.8) is 0 Å². The van der Waals surface area contributed by atoms with E-state index in [0.717, 1.165) is 31.2 Å². The second-order valence-corrected chi connectivity index (χ2v) is 6.83. The number of carbonyl (C=O) groups is 1. The van der Waals surface area contributed by atoms with E-state index in [0.29, 0.717) is 6.54 Å². The number of primary sulfonamides is 1. The van der Waals surface area contributed by atoms with Crippen molar-refractivity contribution in [3.8, 4) is 0 Å². The molecule has 0 saturated carbocycles. The number of hydrogen-bond acceptors (Lipinski definition) is 3. The minimum Gasteiger partial charge on any atom is -0.356 e. The Bertz CT molecular complexity index is 553. The molecule has 0 radical (unpaired) electrons. The molecule has 0 aliphatic rings. The van der Waals surface area contributed by atoms with Crippen LogP contribution in [0, 0.1) is 5.92 Å². The summed E-state index contributed by atoms with van der Waals surface area (Å²) < 4.78 is 22.3. The molecule has 1 unspecified atom stereocenters. The average molecular weight is 312 g/mol. The van der Waals surface area contributed by atoms with Crippen LogP contribution in [0.1, 0.15) is 38.7 Å². The van der Waals surface area contributed by atoms with Crippen molar-refractivity contribution < 1.29 is 13.2 Å².